The SMILES string of the molecule is C=CC1CC1(C(=O)c1ccccc1)S(=O)(=O)c1ccc(F)cc1. The fourth-order valence-corrected chi connectivity index (χ4v) is 5.06. The van der Waals surface area contributed by atoms with E-state index in [-0.39, 0.29) is 11.3 Å². The summed E-state index contributed by atoms with van der Waals surface area (Å²) in [4.78, 5) is 12.8. The van der Waals surface area contributed by atoms with Crippen molar-refractivity contribution in [3.05, 3.63) is 78.6 Å². The molecular formula is C18H15FO3S. The van der Waals surface area contributed by atoms with Gasteiger partial charge in [-0.3, -0.25) is 4.79 Å². The molecule has 0 aromatic heterocycles. The second-order valence-electron chi connectivity index (χ2n) is 5.59. The van der Waals surface area contributed by atoms with Crippen LogP contribution in [0.15, 0.2) is 72.1 Å². The highest BCUT2D eigenvalue weighted by atomic mass is 32.2. The van der Waals surface area contributed by atoms with Crippen molar-refractivity contribution >= 4 is 15.6 Å². The lowest BCUT2D eigenvalue weighted by Gasteiger charge is -2.17. The smallest absolute Gasteiger partial charge is 0.192 e. The van der Waals surface area contributed by atoms with Crippen LogP contribution in [-0.4, -0.2) is 18.9 Å². The average molecular weight is 330 g/mol. The number of Topliss-reactive ketones (excluding diaryl/α,β-unsaturated/α-hetero) is 1. The van der Waals surface area contributed by atoms with Crippen LogP contribution in [0, 0.1) is 11.7 Å². The van der Waals surface area contributed by atoms with E-state index < -0.39 is 32.1 Å². The first-order valence-electron chi connectivity index (χ1n) is 7.16. The van der Waals surface area contributed by atoms with Gasteiger partial charge in [-0.1, -0.05) is 36.4 Å². The van der Waals surface area contributed by atoms with Gasteiger partial charge in [-0.15, -0.1) is 6.58 Å². The van der Waals surface area contributed by atoms with Crippen molar-refractivity contribution in [1.29, 1.82) is 0 Å². The third kappa shape index (κ3) is 2.32. The number of allylic oxidation sites excluding steroid dienone is 1. The van der Waals surface area contributed by atoms with Gasteiger partial charge in [0.15, 0.2) is 15.6 Å². The maximum Gasteiger partial charge on any atom is 0.192 e. The molecule has 118 valence electrons. The number of halogens is 1. The maximum absolute atomic E-state index is 13.1. The predicted octanol–water partition coefficient (Wildman–Crippen LogP) is 3.43. The normalized spacial score (nSPS) is 23.3. The Bertz CT molecular complexity index is 857. The summed E-state index contributed by atoms with van der Waals surface area (Å²) in [5, 5.41) is 0. The Morgan fingerprint density at radius 2 is 1.74 bits per heavy atom. The number of rotatable bonds is 5. The number of carbonyl (C=O) groups excluding carboxylic acids is 1. The molecule has 0 radical (unpaired) electrons. The van der Waals surface area contributed by atoms with E-state index in [1.54, 1.807) is 30.3 Å². The van der Waals surface area contributed by atoms with Gasteiger partial charge in [-0.2, -0.15) is 0 Å². The van der Waals surface area contributed by atoms with Crippen LogP contribution in [0.1, 0.15) is 16.8 Å². The molecule has 2 aromatic rings. The van der Waals surface area contributed by atoms with Gasteiger partial charge in [0.05, 0.1) is 4.90 Å². The minimum atomic E-state index is -3.94. The third-order valence-electron chi connectivity index (χ3n) is 4.27. The molecular weight excluding hydrogens is 315 g/mol. The second-order valence-corrected chi connectivity index (χ2v) is 7.80. The summed E-state index contributed by atoms with van der Waals surface area (Å²) in [5.74, 6) is -1.40. The summed E-state index contributed by atoms with van der Waals surface area (Å²) >= 11 is 0. The first-order valence-corrected chi connectivity index (χ1v) is 8.64. The quantitative estimate of drug-likeness (QED) is 0.479. The van der Waals surface area contributed by atoms with Gasteiger partial charge < -0.3 is 0 Å². The molecule has 0 amide bonds. The molecule has 1 aliphatic carbocycles. The first-order chi connectivity index (χ1) is 10.9. The molecule has 0 saturated heterocycles. The summed E-state index contributed by atoms with van der Waals surface area (Å²) in [7, 11) is -3.94. The standard InChI is InChI=1S/C18H15FO3S/c1-2-14-12-18(14,17(20)13-6-4-3-5-7-13)23(21,22)16-10-8-15(19)9-11-16/h2-11,14H,1,12H2. The Kier molecular flexibility index (Phi) is 3.68. The number of carbonyl (C=O) groups is 1. The lowest BCUT2D eigenvalue weighted by Crippen LogP contribution is -2.35. The zero-order chi connectivity index (χ0) is 16.7. The van der Waals surface area contributed by atoms with Gasteiger partial charge in [-0.25, -0.2) is 12.8 Å². The molecule has 1 saturated carbocycles. The van der Waals surface area contributed by atoms with Crippen molar-refractivity contribution in [1.82, 2.24) is 0 Å². The van der Waals surface area contributed by atoms with Gasteiger partial charge in [0.1, 0.15) is 10.6 Å². The van der Waals surface area contributed by atoms with E-state index >= 15 is 0 Å². The van der Waals surface area contributed by atoms with Gasteiger partial charge in [-0.05, 0) is 30.7 Å². The molecule has 2 aromatic carbocycles. The largest absolute Gasteiger partial charge is 0.292 e. The molecule has 1 fully saturated rings. The van der Waals surface area contributed by atoms with E-state index in [1.807, 2.05) is 0 Å². The van der Waals surface area contributed by atoms with Gasteiger partial charge >= 0.3 is 0 Å². The van der Waals surface area contributed by atoms with Crippen LogP contribution in [0.4, 0.5) is 4.39 Å². The van der Waals surface area contributed by atoms with E-state index in [0.717, 1.165) is 12.1 Å². The van der Waals surface area contributed by atoms with Crippen LogP contribution in [0.3, 0.4) is 0 Å². The summed E-state index contributed by atoms with van der Waals surface area (Å²) < 4.78 is 37.6. The molecule has 0 aliphatic heterocycles. The van der Waals surface area contributed by atoms with Crippen LogP contribution >= 0.6 is 0 Å². The van der Waals surface area contributed by atoms with Crippen LogP contribution in [-0.2, 0) is 9.84 Å². The molecule has 3 nitrogen and oxygen atoms in total. The van der Waals surface area contributed by atoms with E-state index in [4.69, 9.17) is 0 Å². The molecule has 0 bridgehead atoms. The monoisotopic (exact) mass is 330 g/mol. The highest BCUT2D eigenvalue weighted by Crippen LogP contribution is 2.55. The second kappa shape index (κ2) is 5.42. The number of benzene rings is 2. The van der Waals surface area contributed by atoms with Gasteiger partial charge in [0.2, 0.25) is 0 Å². The molecule has 2 atom stereocenters. The van der Waals surface area contributed by atoms with Crippen molar-refractivity contribution in [2.75, 3.05) is 0 Å². The van der Waals surface area contributed by atoms with Gasteiger partial charge in [0, 0.05) is 11.5 Å². The van der Waals surface area contributed by atoms with E-state index in [9.17, 15) is 17.6 Å². The van der Waals surface area contributed by atoms with E-state index in [0.29, 0.717) is 5.56 Å². The van der Waals surface area contributed by atoms with Crippen LogP contribution in [0.25, 0.3) is 0 Å². The van der Waals surface area contributed by atoms with Crippen molar-refractivity contribution in [3.8, 4) is 0 Å². The maximum atomic E-state index is 13.1. The lowest BCUT2D eigenvalue weighted by molar-refractivity contribution is 0.0974. The number of sulfone groups is 1. The number of hydrogen-bond donors (Lipinski definition) is 0. The Balaban J connectivity index is 2.10. The number of hydrogen-bond acceptors (Lipinski definition) is 3. The first kappa shape index (κ1) is 15.6. The summed E-state index contributed by atoms with van der Waals surface area (Å²) in [6.45, 7) is 3.64. The van der Waals surface area contributed by atoms with Gasteiger partial charge in [0.25, 0.3) is 0 Å². The zero-order valence-corrected chi connectivity index (χ0v) is 13.1. The predicted molar refractivity (Wildman–Crippen MR) is 85.4 cm³/mol. The summed E-state index contributed by atoms with van der Waals surface area (Å²) in [6.07, 6.45) is 1.70. The van der Waals surface area contributed by atoms with Crippen molar-refractivity contribution in [3.63, 3.8) is 0 Å². The van der Waals surface area contributed by atoms with E-state index in [2.05, 4.69) is 6.58 Å². The molecule has 0 heterocycles. The molecule has 3 rings (SSSR count). The molecule has 5 heteroatoms. The van der Waals surface area contributed by atoms with Crippen LogP contribution in [0.5, 0.6) is 0 Å². The minimum Gasteiger partial charge on any atom is -0.292 e. The fraction of sp³-hybridized carbons (Fsp3) is 0.167. The van der Waals surface area contributed by atoms with E-state index in [1.165, 1.54) is 18.2 Å². The molecule has 1 aliphatic rings. The average Bonchev–Trinajstić information content (AvgIpc) is 3.32. The summed E-state index contributed by atoms with van der Waals surface area (Å²) in [6, 6.07) is 12.9. The number of ketones is 1. The molecule has 0 N–H and O–H groups in total. The molecule has 23 heavy (non-hydrogen) atoms. The Hall–Kier alpha value is -2.27. The topological polar surface area (TPSA) is 51.2 Å². The van der Waals surface area contributed by atoms with Crippen LogP contribution in [0.2, 0.25) is 0 Å². The zero-order valence-electron chi connectivity index (χ0n) is 12.3. The van der Waals surface area contributed by atoms with Crippen molar-refractivity contribution < 1.29 is 17.6 Å². The van der Waals surface area contributed by atoms with Crippen molar-refractivity contribution in [2.24, 2.45) is 5.92 Å². The lowest BCUT2D eigenvalue weighted by atomic mass is 10.1. The summed E-state index contributed by atoms with van der Waals surface area (Å²) in [5.41, 5.74) is 0.350. The Morgan fingerprint density at radius 1 is 1.13 bits per heavy atom. The van der Waals surface area contributed by atoms with Crippen LogP contribution < -0.4 is 0 Å². The highest BCUT2D eigenvalue weighted by Gasteiger charge is 2.67. The Morgan fingerprint density at radius 3 is 2.26 bits per heavy atom. The minimum absolute atomic E-state index is 0.0486. The highest BCUT2D eigenvalue weighted by molar-refractivity contribution is 7.94. The van der Waals surface area contributed by atoms with Crippen molar-refractivity contribution in [2.45, 2.75) is 16.1 Å². The molecule has 2 unspecified atom stereocenters. The molecule has 0 spiro atoms. The third-order valence-corrected chi connectivity index (χ3v) is 6.78. The fourth-order valence-electron chi connectivity index (χ4n) is 2.89. The Labute approximate surface area is 134 Å².